The van der Waals surface area contributed by atoms with Gasteiger partial charge in [-0.25, -0.2) is 0 Å². The molecule has 1 saturated heterocycles. The van der Waals surface area contributed by atoms with Crippen molar-refractivity contribution < 1.29 is 4.79 Å². The highest BCUT2D eigenvalue weighted by Gasteiger charge is 2.23. The van der Waals surface area contributed by atoms with Gasteiger partial charge in [0.15, 0.2) is 5.12 Å². The Balaban J connectivity index is 2.39. The lowest BCUT2D eigenvalue weighted by molar-refractivity contribution is -0.113. The fourth-order valence-corrected chi connectivity index (χ4v) is 2.01. The summed E-state index contributed by atoms with van der Waals surface area (Å²) < 4.78 is 0. The molecule has 1 nitrogen and oxygen atoms in total. The molecule has 0 aliphatic carbocycles. The average Bonchev–Trinajstić information content (AvgIpc) is 2.18. The van der Waals surface area contributed by atoms with Crippen molar-refractivity contribution in [2.75, 3.05) is 5.75 Å². The first kappa shape index (κ1) is 6.87. The van der Waals surface area contributed by atoms with Crippen LogP contribution in [0.3, 0.4) is 0 Å². The highest BCUT2D eigenvalue weighted by molar-refractivity contribution is 8.14. The number of carbonyl (C=O) groups is 1. The predicted molar refractivity (Wildman–Crippen MR) is 40.4 cm³/mol. The van der Waals surface area contributed by atoms with E-state index in [1.54, 1.807) is 0 Å². The minimum Gasteiger partial charge on any atom is -0.287 e. The summed E-state index contributed by atoms with van der Waals surface area (Å²) in [6.07, 6.45) is 3.75. The maximum atomic E-state index is 10.9. The van der Waals surface area contributed by atoms with E-state index in [2.05, 4.69) is 6.58 Å². The van der Waals surface area contributed by atoms with Crippen molar-refractivity contribution in [2.45, 2.75) is 12.8 Å². The summed E-state index contributed by atoms with van der Waals surface area (Å²) in [6.45, 7) is 3.60. The third-order valence-electron chi connectivity index (χ3n) is 1.50. The Hall–Kier alpha value is -0.240. The zero-order valence-electron chi connectivity index (χ0n) is 5.30. The van der Waals surface area contributed by atoms with E-state index in [9.17, 15) is 4.79 Å². The van der Waals surface area contributed by atoms with Gasteiger partial charge in [-0.15, -0.1) is 6.58 Å². The summed E-state index contributed by atoms with van der Waals surface area (Å²) in [5, 5.41) is 0.356. The SMILES string of the molecule is C=CC[C@H]1CCSC1=O. The van der Waals surface area contributed by atoms with Crippen LogP contribution in [0.15, 0.2) is 12.7 Å². The van der Waals surface area contributed by atoms with Crippen LogP contribution in [-0.2, 0) is 4.79 Å². The molecular formula is C7H10OS. The summed E-state index contributed by atoms with van der Waals surface area (Å²) in [7, 11) is 0. The van der Waals surface area contributed by atoms with Gasteiger partial charge in [-0.2, -0.15) is 0 Å². The van der Waals surface area contributed by atoms with Gasteiger partial charge in [-0.05, 0) is 12.8 Å². The van der Waals surface area contributed by atoms with Gasteiger partial charge in [0.2, 0.25) is 0 Å². The molecule has 1 aliphatic heterocycles. The quantitative estimate of drug-likeness (QED) is 0.547. The van der Waals surface area contributed by atoms with Crippen LogP contribution in [0, 0.1) is 5.92 Å². The lowest BCUT2D eigenvalue weighted by atomic mass is 10.1. The minimum atomic E-state index is 0.285. The molecule has 0 amide bonds. The van der Waals surface area contributed by atoms with E-state index in [-0.39, 0.29) is 5.92 Å². The molecule has 9 heavy (non-hydrogen) atoms. The number of rotatable bonds is 2. The zero-order valence-corrected chi connectivity index (χ0v) is 6.12. The summed E-state index contributed by atoms with van der Waals surface area (Å²) in [6, 6.07) is 0. The molecule has 1 heterocycles. The molecule has 0 bridgehead atoms. The van der Waals surface area contributed by atoms with Crippen LogP contribution >= 0.6 is 11.8 Å². The molecule has 0 spiro atoms. The molecule has 0 saturated carbocycles. The molecule has 0 radical (unpaired) electrons. The van der Waals surface area contributed by atoms with Gasteiger partial charge in [-0.3, -0.25) is 4.79 Å². The fraction of sp³-hybridized carbons (Fsp3) is 0.571. The highest BCUT2D eigenvalue weighted by atomic mass is 32.2. The zero-order chi connectivity index (χ0) is 6.69. The summed E-state index contributed by atoms with van der Waals surface area (Å²) in [5.74, 6) is 1.30. The normalized spacial score (nSPS) is 26.7. The second-order valence-corrected chi connectivity index (χ2v) is 3.28. The number of hydrogen-bond acceptors (Lipinski definition) is 2. The summed E-state index contributed by atoms with van der Waals surface area (Å²) >= 11 is 1.46. The molecule has 50 valence electrons. The van der Waals surface area contributed by atoms with E-state index < -0.39 is 0 Å². The monoisotopic (exact) mass is 142 g/mol. The van der Waals surface area contributed by atoms with E-state index in [1.807, 2.05) is 6.08 Å². The second-order valence-electron chi connectivity index (χ2n) is 2.18. The van der Waals surface area contributed by atoms with Gasteiger partial charge in [0.1, 0.15) is 0 Å². The molecule has 0 aromatic rings. The largest absolute Gasteiger partial charge is 0.287 e. The van der Waals surface area contributed by atoms with Crippen molar-refractivity contribution in [2.24, 2.45) is 5.92 Å². The third kappa shape index (κ3) is 1.58. The van der Waals surface area contributed by atoms with Crippen molar-refractivity contribution in [3.05, 3.63) is 12.7 Å². The van der Waals surface area contributed by atoms with Crippen molar-refractivity contribution in [1.29, 1.82) is 0 Å². The molecule has 2 heteroatoms. The molecule has 1 fully saturated rings. The summed E-state index contributed by atoms with van der Waals surface area (Å²) in [5.41, 5.74) is 0. The lowest BCUT2D eigenvalue weighted by Crippen LogP contribution is -2.01. The molecule has 0 aromatic heterocycles. The highest BCUT2D eigenvalue weighted by Crippen LogP contribution is 2.27. The van der Waals surface area contributed by atoms with Gasteiger partial charge in [-0.1, -0.05) is 17.8 Å². The molecular weight excluding hydrogens is 132 g/mol. The van der Waals surface area contributed by atoms with Crippen molar-refractivity contribution in [3.63, 3.8) is 0 Å². The molecule has 1 aliphatic rings. The first-order valence-corrected chi connectivity index (χ1v) is 4.10. The smallest absolute Gasteiger partial charge is 0.192 e. The van der Waals surface area contributed by atoms with Crippen LogP contribution in [-0.4, -0.2) is 10.9 Å². The van der Waals surface area contributed by atoms with E-state index in [0.717, 1.165) is 18.6 Å². The lowest BCUT2D eigenvalue weighted by Gasteiger charge is -1.98. The Kier molecular flexibility index (Phi) is 2.34. The van der Waals surface area contributed by atoms with Gasteiger partial charge in [0, 0.05) is 11.7 Å². The Morgan fingerprint density at radius 3 is 3.11 bits per heavy atom. The van der Waals surface area contributed by atoms with Crippen LogP contribution in [0.4, 0.5) is 0 Å². The standard InChI is InChI=1S/C7H10OS/c1-2-3-6-4-5-9-7(6)8/h2,6H,1,3-5H2/t6-/m0/s1. The van der Waals surface area contributed by atoms with Crippen molar-refractivity contribution in [3.8, 4) is 0 Å². The Bertz CT molecular complexity index is 131. The van der Waals surface area contributed by atoms with Gasteiger partial charge in [0.05, 0.1) is 0 Å². The first-order chi connectivity index (χ1) is 4.34. The second kappa shape index (κ2) is 3.06. The molecule has 0 aromatic carbocycles. The van der Waals surface area contributed by atoms with E-state index >= 15 is 0 Å². The van der Waals surface area contributed by atoms with Gasteiger partial charge < -0.3 is 0 Å². The molecule has 0 N–H and O–H groups in total. The average molecular weight is 142 g/mol. The Morgan fingerprint density at radius 2 is 2.67 bits per heavy atom. The minimum absolute atomic E-state index is 0.285. The number of thioether (sulfide) groups is 1. The van der Waals surface area contributed by atoms with Gasteiger partial charge >= 0.3 is 0 Å². The van der Waals surface area contributed by atoms with Crippen LogP contribution in [0.25, 0.3) is 0 Å². The van der Waals surface area contributed by atoms with E-state index in [0.29, 0.717) is 5.12 Å². The third-order valence-corrected chi connectivity index (χ3v) is 2.55. The van der Waals surface area contributed by atoms with Crippen LogP contribution < -0.4 is 0 Å². The van der Waals surface area contributed by atoms with Crippen molar-refractivity contribution >= 4 is 16.9 Å². The predicted octanol–water partition coefficient (Wildman–Crippen LogP) is 1.84. The van der Waals surface area contributed by atoms with Crippen molar-refractivity contribution in [1.82, 2.24) is 0 Å². The number of carbonyl (C=O) groups excluding carboxylic acids is 1. The molecule has 0 unspecified atom stereocenters. The topological polar surface area (TPSA) is 17.1 Å². The van der Waals surface area contributed by atoms with Crippen LogP contribution in [0.1, 0.15) is 12.8 Å². The van der Waals surface area contributed by atoms with Crippen LogP contribution in [0.2, 0.25) is 0 Å². The van der Waals surface area contributed by atoms with E-state index in [4.69, 9.17) is 0 Å². The number of hydrogen-bond donors (Lipinski definition) is 0. The fourth-order valence-electron chi connectivity index (χ4n) is 0.953. The Labute approximate surface area is 59.5 Å². The molecule has 1 rings (SSSR count). The maximum absolute atomic E-state index is 10.9. The summed E-state index contributed by atoms with van der Waals surface area (Å²) in [4.78, 5) is 10.9. The van der Waals surface area contributed by atoms with Gasteiger partial charge in [0.25, 0.3) is 0 Å². The number of allylic oxidation sites excluding steroid dienone is 1. The molecule has 1 atom stereocenters. The van der Waals surface area contributed by atoms with E-state index in [1.165, 1.54) is 11.8 Å². The maximum Gasteiger partial charge on any atom is 0.192 e. The van der Waals surface area contributed by atoms with Crippen LogP contribution in [0.5, 0.6) is 0 Å². The Morgan fingerprint density at radius 1 is 1.89 bits per heavy atom. The first-order valence-electron chi connectivity index (χ1n) is 3.12.